The number of hydrogen-bond acceptors (Lipinski definition) is 1. The monoisotopic (exact) mass is 212 g/mol. The molecule has 0 heterocycles. The maximum atomic E-state index is 10.3. The lowest BCUT2D eigenvalue weighted by atomic mass is 10.0. The highest BCUT2D eigenvalue weighted by atomic mass is 79.9. The molecule has 0 bridgehead atoms. The fourth-order valence-corrected chi connectivity index (χ4v) is 1.27. The van der Waals surface area contributed by atoms with E-state index in [1.165, 1.54) is 0 Å². The van der Waals surface area contributed by atoms with E-state index in [2.05, 4.69) is 20.7 Å². The molecule has 56 valence electrons. The maximum absolute atomic E-state index is 10.3. The van der Waals surface area contributed by atoms with Crippen molar-refractivity contribution in [2.45, 2.75) is 0 Å². The van der Waals surface area contributed by atoms with Crippen LogP contribution in [0, 0.1) is 5.92 Å². The van der Waals surface area contributed by atoms with Gasteiger partial charge < -0.3 is 10.3 Å². The molecule has 0 radical (unpaired) electrons. The molecule has 1 aliphatic carbocycles. The molecule has 0 spiro atoms. The van der Waals surface area contributed by atoms with Crippen molar-refractivity contribution >= 4 is 27.9 Å². The van der Waals surface area contributed by atoms with E-state index < -0.39 is 0 Å². The summed E-state index contributed by atoms with van der Waals surface area (Å²) < 4.78 is 0.639. The number of rotatable bonds is 1. The van der Waals surface area contributed by atoms with E-state index >= 15 is 0 Å². The van der Waals surface area contributed by atoms with Crippen molar-refractivity contribution in [1.82, 2.24) is 0 Å². The van der Waals surface area contributed by atoms with Crippen LogP contribution in [0.2, 0.25) is 0 Å². The minimum atomic E-state index is -0.213. The van der Waals surface area contributed by atoms with Crippen molar-refractivity contribution in [3.8, 4) is 0 Å². The second kappa shape index (κ2) is 3.42. The number of aldehydes is 1. The van der Waals surface area contributed by atoms with E-state index in [9.17, 15) is 4.79 Å². The van der Waals surface area contributed by atoms with E-state index in [1.54, 1.807) is 18.2 Å². The van der Waals surface area contributed by atoms with Crippen LogP contribution in [0.4, 0.5) is 0 Å². The minimum absolute atomic E-state index is 0.213. The van der Waals surface area contributed by atoms with Crippen molar-refractivity contribution in [2.24, 2.45) is 5.92 Å². The summed E-state index contributed by atoms with van der Waals surface area (Å²) in [6, 6.07) is 0. The summed E-state index contributed by atoms with van der Waals surface area (Å²) >= 11 is 3.16. The summed E-state index contributed by atoms with van der Waals surface area (Å²) in [5, 5.41) is 0. The van der Waals surface area contributed by atoms with Gasteiger partial charge in [-0.05, 0) is 22.0 Å². The normalized spacial score (nSPS) is 22.5. The van der Waals surface area contributed by atoms with E-state index in [4.69, 9.17) is 5.53 Å². The van der Waals surface area contributed by atoms with E-state index in [1.807, 2.05) is 0 Å². The van der Waals surface area contributed by atoms with Gasteiger partial charge in [0.25, 0.3) is 0 Å². The molecule has 0 fully saturated rings. The first-order valence-corrected chi connectivity index (χ1v) is 3.80. The van der Waals surface area contributed by atoms with E-state index in [-0.39, 0.29) is 5.92 Å². The van der Waals surface area contributed by atoms with Crippen molar-refractivity contribution < 1.29 is 9.58 Å². The number of carbonyl (C=O) groups excluding carboxylic acids is 1. The van der Waals surface area contributed by atoms with Crippen LogP contribution in [0.25, 0.3) is 5.53 Å². The van der Waals surface area contributed by atoms with Crippen LogP contribution in [0.5, 0.6) is 0 Å². The predicted molar refractivity (Wildman–Crippen MR) is 44.3 cm³/mol. The van der Waals surface area contributed by atoms with Gasteiger partial charge in [-0.1, -0.05) is 6.08 Å². The third-order valence-corrected chi connectivity index (χ3v) is 2.00. The third kappa shape index (κ3) is 1.73. The Balaban J connectivity index is 2.96. The molecule has 0 aromatic rings. The van der Waals surface area contributed by atoms with Gasteiger partial charge in [0.05, 0.1) is 5.92 Å². The van der Waals surface area contributed by atoms with Crippen molar-refractivity contribution in [3.05, 3.63) is 28.2 Å². The van der Waals surface area contributed by atoms with Gasteiger partial charge in [0.1, 0.15) is 10.8 Å². The van der Waals surface area contributed by atoms with Crippen LogP contribution in [-0.2, 0) is 4.79 Å². The Morgan fingerprint density at radius 3 is 2.91 bits per heavy atom. The van der Waals surface area contributed by atoms with Crippen LogP contribution >= 0.6 is 15.9 Å². The van der Waals surface area contributed by atoms with Crippen LogP contribution in [-0.4, -0.2) is 16.8 Å². The average molecular weight is 213 g/mol. The summed E-state index contributed by atoms with van der Waals surface area (Å²) in [6.07, 6.45) is 5.73. The third-order valence-electron chi connectivity index (χ3n) is 1.32. The fourth-order valence-electron chi connectivity index (χ4n) is 0.758. The Morgan fingerprint density at radius 1 is 1.73 bits per heavy atom. The SMILES string of the molecule is [N-]=[N+]=C1C=CC(C=O)C=C1Br. The molecule has 4 heteroatoms. The lowest BCUT2D eigenvalue weighted by molar-refractivity contribution is -0.108. The van der Waals surface area contributed by atoms with Gasteiger partial charge in [-0.2, -0.15) is 4.79 Å². The Morgan fingerprint density at radius 2 is 2.45 bits per heavy atom. The summed E-state index contributed by atoms with van der Waals surface area (Å²) in [4.78, 5) is 13.3. The van der Waals surface area contributed by atoms with Gasteiger partial charge >= 0.3 is 5.71 Å². The smallest absolute Gasteiger partial charge is 0.328 e. The number of carbonyl (C=O) groups is 1. The van der Waals surface area contributed by atoms with Crippen LogP contribution in [0.3, 0.4) is 0 Å². The lowest BCUT2D eigenvalue weighted by Crippen LogP contribution is -2.06. The zero-order chi connectivity index (χ0) is 8.27. The summed E-state index contributed by atoms with van der Waals surface area (Å²) in [7, 11) is 0. The zero-order valence-corrected chi connectivity index (χ0v) is 7.15. The first kappa shape index (κ1) is 8.11. The number of nitrogens with zero attached hydrogens (tertiary/aromatic N) is 2. The van der Waals surface area contributed by atoms with Gasteiger partial charge in [0, 0.05) is 6.08 Å². The Hall–Kier alpha value is -0.990. The summed E-state index contributed by atoms with van der Waals surface area (Å²) in [5.74, 6) is -0.213. The first-order valence-electron chi connectivity index (χ1n) is 3.01. The highest BCUT2D eigenvalue weighted by Crippen LogP contribution is 2.16. The lowest BCUT2D eigenvalue weighted by Gasteiger charge is -2.00. The molecular weight excluding hydrogens is 208 g/mol. The van der Waals surface area contributed by atoms with Gasteiger partial charge in [-0.25, -0.2) is 0 Å². The second-order valence-corrected chi connectivity index (χ2v) is 2.93. The Bertz CT molecular complexity index is 287. The molecule has 11 heavy (non-hydrogen) atoms. The number of allylic oxidation sites excluding steroid dienone is 4. The van der Waals surface area contributed by atoms with Crippen LogP contribution < -0.4 is 0 Å². The molecule has 0 aromatic carbocycles. The Kier molecular flexibility index (Phi) is 2.52. The molecule has 0 saturated carbocycles. The van der Waals surface area contributed by atoms with Gasteiger partial charge in [-0.15, -0.1) is 0 Å². The molecule has 0 saturated heterocycles. The van der Waals surface area contributed by atoms with E-state index in [0.29, 0.717) is 10.2 Å². The molecule has 0 amide bonds. The largest absolute Gasteiger partial charge is 0.361 e. The topological polar surface area (TPSA) is 53.5 Å². The van der Waals surface area contributed by atoms with Crippen LogP contribution in [0.1, 0.15) is 0 Å². The molecule has 3 nitrogen and oxygen atoms in total. The number of hydrogen-bond donors (Lipinski definition) is 0. The molecule has 0 aliphatic heterocycles. The first-order chi connectivity index (χ1) is 5.27. The Labute approximate surface area is 72.2 Å². The van der Waals surface area contributed by atoms with Crippen molar-refractivity contribution in [3.63, 3.8) is 0 Å². The molecule has 0 N–H and O–H groups in total. The van der Waals surface area contributed by atoms with Gasteiger partial charge in [0.15, 0.2) is 0 Å². The van der Waals surface area contributed by atoms with Crippen molar-refractivity contribution in [2.75, 3.05) is 0 Å². The zero-order valence-electron chi connectivity index (χ0n) is 5.57. The average Bonchev–Trinajstić information content (AvgIpc) is 2.04. The predicted octanol–water partition coefficient (Wildman–Crippen LogP) is 1.32. The molecular formula is C7H5BrN2O. The summed E-state index contributed by atoms with van der Waals surface area (Å²) in [5.41, 5.74) is 8.83. The van der Waals surface area contributed by atoms with Crippen LogP contribution in [0.15, 0.2) is 22.7 Å². The minimum Gasteiger partial charge on any atom is -0.361 e. The molecule has 1 unspecified atom stereocenters. The highest BCUT2D eigenvalue weighted by Gasteiger charge is 2.15. The second-order valence-electron chi connectivity index (χ2n) is 2.07. The standard InChI is InChI=1S/C7H5BrN2O/c8-6-3-5(4-11)1-2-7(6)10-9/h1-5H. The van der Waals surface area contributed by atoms with Gasteiger partial charge in [-0.3, -0.25) is 0 Å². The van der Waals surface area contributed by atoms with Gasteiger partial charge in [0.2, 0.25) is 0 Å². The van der Waals surface area contributed by atoms with Crippen molar-refractivity contribution in [1.29, 1.82) is 0 Å². The number of halogens is 1. The fraction of sp³-hybridized carbons (Fsp3) is 0.143. The molecule has 1 atom stereocenters. The molecule has 1 rings (SSSR count). The van der Waals surface area contributed by atoms with E-state index in [0.717, 1.165) is 6.29 Å². The maximum Gasteiger partial charge on any atom is 0.328 e. The quantitative estimate of drug-likeness (QED) is 0.368. The summed E-state index contributed by atoms with van der Waals surface area (Å²) in [6.45, 7) is 0. The molecule has 1 aliphatic rings. The molecule has 0 aromatic heterocycles. The highest BCUT2D eigenvalue weighted by molar-refractivity contribution is 9.12.